The molecular formula is C20H30N2O2Si2. The molecule has 4 heterocycles. The second kappa shape index (κ2) is 7.34. The molecule has 2 aromatic heterocycles. The van der Waals surface area contributed by atoms with Crippen molar-refractivity contribution in [1.82, 2.24) is 9.97 Å². The fraction of sp³-hybridized carbons (Fsp3) is 0.500. The van der Waals surface area contributed by atoms with Gasteiger partial charge in [-0.15, -0.1) is 0 Å². The van der Waals surface area contributed by atoms with Crippen LogP contribution in [0.25, 0.3) is 0 Å². The molecule has 0 saturated heterocycles. The molecule has 2 aliphatic rings. The Balaban J connectivity index is 0.000000152. The molecule has 140 valence electrons. The predicted octanol–water partition coefficient (Wildman–Crippen LogP) is 3.95. The Morgan fingerprint density at radius 2 is 1.35 bits per heavy atom. The first-order valence-electron chi connectivity index (χ1n) is 9.59. The summed E-state index contributed by atoms with van der Waals surface area (Å²) in [6, 6.07) is 6.50. The molecule has 0 radical (unpaired) electrons. The Morgan fingerprint density at radius 1 is 0.846 bits per heavy atom. The van der Waals surface area contributed by atoms with Gasteiger partial charge in [-0.3, -0.25) is 9.97 Å². The van der Waals surface area contributed by atoms with Crippen molar-refractivity contribution in [1.29, 1.82) is 0 Å². The standard InChI is InChI=1S/C11H17NOSi.C9H13NOSi/c1-4-14(5-2)11-8-12-7-6-10(11)9(3)13-14;1-7-8-4-5-10-6-9(8)12(2,3)11-7/h6-9H,4-5H2,1-3H3;4-7H,1-3H3. The number of fused-ring (bicyclic) bond motifs is 2. The van der Waals surface area contributed by atoms with Crippen LogP contribution in [0, 0.1) is 0 Å². The third-order valence-corrected chi connectivity index (χ3v) is 12.9. The summed E-state index contributed by atoms with van der Waals surface area (Å²) in [5.41, 5.74) is 2.71. The van der Waals surface area contributed by atoms with E-state index in [1.807, 2.05) is 24.8 Å². The van der Waals surface area contributed by atoms with Crippen molar-refractivity contribution < 1.29 is 8.85 Å². The average Bonchev–Trinajstić information content (AvgIpc) is 3.07. The first-order valence-corrected chi connectivity index (χ1v) is 14.8. The molecule has 0 amide bonds. The summed E-state index contributed by atoms with van der Waals surface area (Å²) in [7, 11) is -3.21. The lowest BCUT2D eigenvalue weighted by atomic mass is 10.2. The van der Waals surface area contributed by atoms with Gasteiger partial charge >= 0.3 is 0 Å². The smallest absolute Gasteiger partial charge is 0.226 e. The molecule has 0 spiro atoms. The lowest BCUT2D eigenvalue weighted by Crippen LogP contribution is -2.45. The second-order valence-corrected chi connectivity index (χ2v) is 15.6. The van der Waals surface area contributed by atoms with Crippen LogP contribution in [0.5, 0.6) is 0 Å². The van der Waals surface area contributed by atoms with Crippen molar-refractivity contribution in [2.45, 2.75) is 65.1 Å². The van der Waals surface area contributed by atoms with Crippen LogP contribution in [-0.2, 0) is 8.85 Å². The van der Waals surface area contributed by atoms with Crippen LogP contribution in [0.3, 0.4) is 0 Å². The normalized spacial score (nSPS) is 24.4. The van der Waals surface area contributed by atoms with Gasteiger partial charge in [-0.2, -0.15) is 0 Å². The summed E-state index contributed by atoms with van der Waals surface area (Å²) >= 11 is 0. The van der Waals surface area contributed by atoms with Gasteiger partial charge in [-0.1, -0.05) is 13.8 Å². The predicted molar refractivity (Wildman–Crippen MR) is 111 cm³/mol. The van der Waals surface area contributed by atoms with E-state index in [1.54, 1.807) is 0 Å². The van der Waals surface area contributed by atoms with E-state index in [2.05, 4.69) is 62.9 Å². The van der Waals surface area contributed by atoms with Gasteiger partial charge in [0.15, 0.2) is 0 Å². The maximum Gasteiger partial charge on any atom is 0.226 e. The monoisotopic (exact) mass is 386 g/mol. The zero-order valence-electron chi connectivity index (χ0n) is 16.7. The van der Waals surface area contributed by atoms with Crippen LogP contribution in [0.4, 0.5) is 0 Å². The van der Waals surface area contributed by atoms with E-state index in [0.717, 1.165) is 12.1 Å². The lowest BCUT2D eigenvalue weighted by Gasteiger charge is -2.23. The van der Waals surface area contributed by atoms with Crippen molar-refractivity contribution in [2.75, 3.05) is 0 Å². The van der Waals surface area contributed by atoms with Crippen molar-refractivity contribution in [3.8, 4) is 0 Å². The molecule has 2 aliphatic heterocycles. The van der Waals surface area contributed by atoms with Crippen molar-refractivity contribution >= 4 is 27.0 Å². The molecule has 2 aromatic rings. The van der Waals surface area contributed by atoms with Crippen LogP contribution in [0.2, 0.25) is 25.2 Å². The zero-order valence-corrected chi connectivity index (χ0v) is 18.7. The van der Waals surface area contributed by atoms with Crippen LogP contribution in [0.15, 0.2) is 36.9 Å². The maximum atomic E-state index is 6.22. The summed E-state index contributed by atoms with van der Waals surface area (Å²) in [6.07, 6.45) is 8.25. The highest BCUT2D eigenvalue weighted by atomic mass is 28.4. The molecule has 0 saturated carbocycles. The molecule has 0 aliphatic carbocycles. The Bertz CT molecular complexity index is 778. The number of hydrogen-bond donors (Lipinski definition) is 0. The van der Waals surface area contributed by atoms with Crippen LogP contribution >= 0.6 is 0 Å². The van der Waals surface area contributed by atoms with E-state index in [1.165, 1.54) is 21.5 Å². The van der Waals surface area contributed by atoms with E-state index in [-0.39, 0.29) is 12.2 Å². The third-order valence-electron chi connectivity index (χ3n) is 5.74. The molecule has 0 fully saturated rings. The van der Waals surface area contributed by atoms with E-state index >= 15 is 0 Å². The van der Waals surface area contributed by atoms with E-state index in [4.69, 9.17) is 8.85 Å². The summed E-state index contributed by atoms with van der Waals surface area (Å²) in [5, 5.41) is 2.79. The van der Waals surface area contributed by atoms with E-state index in [0.29, 0.717) is 0 Å². The average molecular weight is 387 g/mol. The van der Waals surface area contributed by atoms with Gasteiger partial charge in [0, 0.05) is 24.8 Å². The van der Waals surface area contributed by atoms with Gasteiger partial charge in [-0.25, -0.2) is 0 Å². The largest absolute Gasteiger partial charge is 0.406 e. The minimum Gasteiger partial charge on any atom is -0.406 e. The lowest BCUT2D eigenvalue weighted by molar-refractivity contribution is 0.232. The van der Waals surface area contributed by atoms with E-state index in [9.17, 15) is 0 Å². The number of hydrogen-bond acceptors (Lipinski definition) is 4. The topological polar surface area (TPSA) is 44.2 Å². The Kier molecular flexibility index (Phi) is 5.48. The molecule has 0 N–H and O–H groups in total. The highest BCUT2D eigenvalue weighted by Crippen LogP contribution is 2.33. The number of nitrogens with zero attached hydrogens (tertiary/aromatic N) is 2. The van der Waals surface area contributed by atoms with Crippen LogP contribution in [0.1, 0.15) is 51.0 Å². The van der Waals surface area contributed by atoms with Gasteiger partial charge in [0.05, 0.1) is 12.2 Å². The summed E-state index contributed by atoms with van der Waals surface area (Å²) < 4.78 is 12.1. The molecule has 6 heteroatoms. The molecule has 0 aromatic carbocycles. The van der Waals surface area contributed by atoms with Gasteiger partial charge < -0.3 is 8.85 Å². The van der Waals surface area contributed by atoms with Gasteiger partial charge in [0.2, 0.25) is 16.6 Å². The Labute approximate surface area is 159 Å². The van der Waals surface area contributed by atoms with Gasteiger partial charge in [0.1, 0.15) is 0 Å². The van der Waals surface area contributed by atoms with Crippen molar-refractivity contribution in [3.05, 3.63) is 48.0 Å². The highest BCUT2D eigenvalue weighted by molar-refractivity contribution is 6.87. The fourth-order valence-corrected chi connectivity index (χ4v) is 10.4. The molecule has 0 bridgehead atoms. The first kappa shape index (κ1) is 19.4. The molecule has 26 heavy (non-hydrogen) atoms. The van der Waals surface area contributed by atoms with Crippen molar-refractivity contribution in [3.63, 3.8) is 0 Å². The minimum absolute atomic E-state index is 0.268. The quantitative estimate of drug-likeness (QED) is 0.733. The molecule has 4 nitrogen and oxygen atoms in total. The fourth-order valence-electron chi connectivity index (χ4n) is 4.23. The Morgan fingerprint density at radius 3 is 1.88 bits per heavy atom. The minimum atomic E-state index is -1.63. The Hall–Kier alpha value is -1.35. The third kappa shape index (κ3) is 3.31. The summed E-state index contributed by atoms with van der Waals surface area (Å²) in [6.45, 7) is 13.2. The molecule has 2 atom stereocenters. The van der Waals surface area contributed by atoms with Crippen molar-refractivity contribution in [2.24, 2.45) is 0 Å². The second-order valence-electron chi connectivity index (χ2n) is 7.66. The number of aromatic nitrogens is 2. The molecule has 2 unspecified atom stereocenters. The SMILES string of the molecule is CC1O[Si](C)(C)c2cnccc21.CC[Si]1(CC)OC(C)c2ccncc21. The van der Waals surface area contributed by atoms with Crippen LogP contribution < -0.4 is 10.4 Å². The number of rotatable bonds is 2. The molecular weight excluding hydrogens is 356 g/mol. The first-order chi connectivity index (χ1) is 12.3. The zero-order chi connectivity index (χ0) is 18.9. The van der Waals surface area contributed by atoms with E-state index < -0.39 is 16.6 Å². The molecule has 4 rings (SSSR count). The summed E-state index contributed by atoms with van der Waals surface area (Å²) in [4.78, 5) is 8.38. The van der Waals surface area contributed by atoms with Gasteiger partial charge in [0.25, 0.3) is 0 Å². The van der Waals surface area contributed by atoms with Gasteiger partial charge in [-0.05, 0) is 72.7 Å². The highest BCUT2D eigenvalue weighted by Gasteiger charge is 2.43. The summed E-state index contributed by atoms with van der Waals surface area (Å²) in [5.74, 6) is 0. The van der Waals surface area contributed by atoms with Crippen LogP contribution in [-0.4, -0.2) is 26.6 Å². The number of pyridine rings is 2. The maximum absolute atomic E-state index is 6.22.